The third-order valence-electron chi connectivity index (χ3n) is 3.03. The zero-order valence-corrected chi connectivity index (χ0v) is 13.1. The first kappa shape index (κ1) is 16.7. The molecule has 2 aromatic carbocycles. The fourth-order valence-electron chi connectivity index (χ4n) is 1.89. The van der Waals surface area contributed by atoms with Gasteiger partial charge in [-0.15, -0.1) is 0 Å². The van der Waals surface area contributed by atoms with Gasteiger partial charge in [-0.3, -0.25) is 0 Å². The van der Waals surface area contributed by atoms with Crippen molar-refractivity contribution < 1.29 is 29.3 Å². The number of carboxylic acid groups (broad SMARTS) is 2. The average molecular weight is 332 g/mol. The summed E-state index contributed by atoms with van der Waals surface area (Å²) in [5, 5.41) is 22.5. The molecule has 0 saturated heterocycles. The van der Waals surface area contributed by atoms with Crippen molar-refractivity contribution in [1.82, 2.24) is 0 Å². The molecule has 0 aliphatic rings. The van der Waals surface area contributed by atoms with Crippen LogP contribution in [0.25, 0.3) is 0 Å². The Morgan fingerprint density at radius 1 is 0.826 bits per heavy atom. The van der Waals surface area contributed by atoms with Gasteiger partial charge in [-0.1, -0.05) is 11.8 Å². The molecule has 0 saturated carbocycles. The Hall–Kier alpha value is -2.67. The van der Waals surface area contributed by atoms with Crippen LogP contribution in [0.4, 0.5) is 0 Å². The lowest BCUT2D eigenvalue weighted by molar-refractivity contribution is -0.256. The maximum absolute atomic E-state index is 11.3. The fraction of sp³-hybridized carbons (Fsp3) is 0.125. The van der Waals surface area contributed by atoms with Crippen LogP contribution in [-0.2, 0) is 0 Å². The van der Waals surface area contributed by atoms with Crippen LogP contribution in [0.2, 0.25) is 0 Å². The van der Waals surface area contributed by atoms with Gasteiger partial charge in [0.2, 0.25) is 0 Å². The minimum atomic E-state index is -1.38. The van der Waals surface area contributed by atoms with Gasteiger partial charge in [-0.2, -0.15) is 0 Å². The summed E-state index contributed by atoms with van der Waals surface area (Å²) in [6, 6.07) is 8.85. The van der Waals surface area contributed by atoms with Gasteiger partial charge >= 0.3 is 0 Å². The highest BCUT2D eigenvalue weighted by atomic mass is 32.2. The zero-order chi connectivity index (χ0) is 17.0. The highest BCUT2D eigenvalue weighted by Gasteiger charge is 2.12. The van der Waals surface area contributed by atoms with E-state index in [-0.39, 0.29) is 11.1 Å². The first-order valence-electron chi connectivity index (χ1n) is 6.43. The van der Waals surface area contributed by atoms with Crippen molar-refractivity contribution in [3.8, 4) is 11.5 Å². The van der Waals surface area contributed by atoms with E-state index in [1.165, 1.54) is 38.5 Å². The Labute approximate surface area is 136 Å². The van der Waals surface area contributed by atoms with Crippen molar-refractivity contribution in [2.24, 2.45) is 0 Å². The molecule has 2 rings (SSSR count). The molecule has 0 atom stereocenters. The summed E-state index contributed by atoms with van der Waals surface area (Å²) >= 11 is 0.983. The Balaban J connectivity index is 2.47. The summed E-state index contributed by atoms with van der Waals surface area (Å²) in [5.74, 6) is -2.03. The molecule has 0 N–H and O–H groups in total. The van der Waals surface area contributed by atoms with E-state index in [1.807, 2.05) is 0 Å². The van der Waals surface area contributed by atoms with Crippen molar-refractivity contribution in [2.75, 3.05) is 14.2 Å². The van der Waals surface area contributed by atoms with Crippen LogP contribution in [0, 0.1) is 0 Å². The number of benzene rings is 2. The highest BCUT2D eigenvalue weighted by Crippen LogP contribution is 2.35. The molecule has 2 aromatic rings. The Bertz CT molecular complexity index is 693. The predicted octanol–water partition coefficient (Wildman–Crippen LogP) is 0.582. The van der Waals surface area contributed by atoms with E-state index in [0.717, 1.165) is 11.8 Å². The van der Waals surface area contributed by atoms with Gasteiger partial charge in [0.25, 0.3) is 0 Å². The number of carboxylic acids is 2. The minimum Gasteiger partial charge on any atom is -0.545 e. The molecular formula is C16H12O6S-2. The van der Waals surface area contributed by atoms with Crippen molar-refractivity contribution in [2.45, 2.75) is 9.79 Å². The highest BCUT2D eigenvalue weighted by molar-refractivity contribution is 7.99. The van der Waals surface area contributed by atoms with E-state index in [4.69, 9.17) is 9.47 Å². The summed E-state index contributed by atoms with van der Waals surface area (Å²) < 4.78 is 9.96. The summed E-state index contributed by atoms with van der Waals surface area (Å²) in [4.78, 5) is 23.2. The van der Waals surface area contributed by atoms with E-state index in [2.05, 4.69) is 0 Å². The number of hydrogen-bond donors (Lipinski definition) is 0. The lowest BCUT2D eigenvalue weighted by Gasteiger charge is -2.15. The third-order valence-corrected chi connectivity index (χ3v) is 4.19. The average Bonchev–Trinajstić information content (AvgIpc) is 2.55. The topological polar surface area (TPSA) is 98.7 Å². The van der Waals surface area contributed by atoms with Gasteiger partial charge < -0.3 is 29.3 Å². The zero-order valence-electron chi connectivity index (χ0n) is 12.3. The summed E-state index contributed by atoms with van der Waals surface area (Å²) in [6.45, 7) is 0. The molecule has 0 aromatic heterocycles. The van der Waals surface area contributed by atoms with Crippen LogP contribution in [0.5, 0.6) is 11.5 Å². The van der Waals surface area contributed by atoms with Crippen LogP contribution in [0.15, 0.2) is 46.2 Å². The number of ether oxygens (including phenoxy) is 2. The lowest BCUT2D eigenvalue weighted by Crippen LogP contribution is -2.24. The van der Waals surface area contributed by atoms with E-state index in [1.54, 1.807) is 12.1 Å². The fourth-order valence-corrected chi connectivity index (χ4v) is 2.90. The van der Waals surface area contributed by atoms with Gasteiger partial charge in [0.15, 0.2) is 0 Å². The second-order valence-corrected chi connectivity index (χ2v) is 5.48. The van der Waals surface area contributed by atoms with Crippen LogP contribution in [0.1, 0.15) is 20.7 Å². The number of rotatable bonds is 6. The molecule has 0 aliphatic carbocycles. The van der Waals surface area contributed by atoms with E-state index < -0.39 is 11.9 Å². The van der Waals surface area contributed by atoms with Crippen molar-refractivity contribution in [3.05, 3.63) is 47.5 Å². The largest absolute Gasteiger partial charge is 0.545 e. The van der Waals surface area contributed by atoms with Crippen LogP contribution in [0.3, 0.4) is 0 Å². The molecule has 0 unspecified atom stereocenters. The molecule has 7 heteroatoms. The molecule has 23 heavy (non-hydrogen) atoms. The number of aromatic carboxylic acids is 2. The van der Waals surface area contributed by atoms with Crippen LogP contribution < -0.4 is 19.7 Å². The van der Waals surface area contributed by atoms with E-state index in [0.29, 0.717) is 21.3 Å². The number of carbonyl (C=O) groups is 2. The normalized spacial score (nSPS) is 10.2. The number of carbonyl (C=O) groups excluding carboxylic acids is 2. The molecule has 0 heterocycles. The molecular weight excluding hydrogens is 320 g/mol. The Kier molecular flexibility index (Phi) is 5.13. The second-order valence-electron chi connectivity index (χ2n) is 4.40. The predicted molar refractivity (Wildman–Crippen MR) is 78.8 cm³/mol. The molecule has 0 spiro atoms. The van der Waals surface area contributed by atoms with E-state index >= 15 is 0 Å². The Morgan fingerprint density at radius 2 is 1.22 bits per heavy atom. The van der Waals surface area contributed by atoms with Crippen LogP contribution >= 0.6 is 11.8 Å². The summed E-state index contributed by atoms with van der Waals surface area (Å²) in [6.07, 6.45) is 0. The molecule has 0 amide bonds. The summed E-state index contributed by atoms with van der Waals surface area (Å²) in [7, 11) is 2.83. The Morgan fingerprint density at radius 3 is 1.52 bits per heavy atom. The van der Waals surface area contributed by atoms with E-state index in [9.17, 15) is 19.8 Å². The van der Waals surface area contributed by atoms with Gasteiger partial charge in [-0.25, -0.2) is 0 Å². The summed E-state index contributed by atoms with van der Waals surface area (Å²) in [5.41, 5.74) is -0.177. The van der Waals surface area contributed by atoms with Crippen LogP contribution in [-0.4, -0.2) is 26.2 Å². The maximum Gasteiger partial charge on any atom is 0.119 e. The number of methoxy groups -OCH3 is 2. The quantitative estimate of drug-likeness (QED) is 0.763. The van der Waals surface area contributed by atoms with Crippen molar-refractivity contribution in [1.29, 1.82) is 0 Å². The molecule has 0 fully saturated rings. The number of hydrogen-bond acceptors (Lipinski definition) is 7. The molecule has 0 radical (unpaired) electrons. The molecule has 0 aliphatic heterocycles. The van der Waals surface area contributed by atoms with Gasteiger partial charge in [-0.05, 0) is 36.4 Å². The molecule has 120 valence electrons. The first-order chi connectivity index (χ1) is 11.0. The molecule has 6 nitrogen and oxygen atoms in total. The first-order valence-corrected chi connectivity index (χ1v) is 7.24. The minimum absolute atomic E-state index is 0.0885. The van der Waals surface area contributed by atoms with Crippen molar-refractivity contribution in [3.63, 3.8) is 0 Å². The smallest absolute Gasteiger partial charge is 0.119 e. The van der Waals surface area contributed by atoms with Crippen molar-refractivity contribution >= 4 is 23.7 Å². The standard InChI is InChI=1S/C16H14O6S/c1-21-9-3-5-13(11(7-9)15(17)18)23-14-6-4-10(22-2)8-12(14)16(19)20/h3-8H,1-2H3,(H,17,18)(H,19,20)/p-2. The maximum atomic E-state index is 11.3. The third kappa shape index (κ3) is 3.75. The van der Waals surface area contributed by atoms with Gasteiger partial charge in [0, 0.05) is 20.9 Å². The SMILES string of the molecule is COc1ccc(Sc2ccc(OC)cc2C(=O)[O-])c(C(=O)[O-])c1. The lowest BCUT2D eigenvalue weighted by atomic mass is 10.2. The second kappa shape index (κ2) is 7.06. The monoisotopic (exact) mass is 332 g/mol. The van der Waals surface area contributed by atoms with Gasteiger partial charge in [0.1, 0.15) is 11.5 Å². The van der Waals surface area contributed by atoms with Gasteiger partial charge in [0.05, 0.1) is 26.2 Å². The molecule has 0 bridgehead atoms.